The van der Waals surface area contributed by atoms with E-state index in [0.29, 0.717) is 12.0 Å². The normalized spacial score (nSPS) is 34.0. The number of imidazole rings is 1. The molecule has 0 radical (unpaired) electrons. The van der Waals surface area contributed by atoms with E-state index >= 15 is 0 Å². The van der Waals surface area contributed by atoms with Crippen LogP contribution in [0.15, 0.2) is 30.7 Å². The molecule has 4 nitrogen and oxygen atoms in total. The fourth-order valence-corrected chi connectivity index (χ4v) is 5.39. The highest BCUT2D eigenvalue weighted by molar-refractivity contribution is 5.69. The summed E-state index contributed by atoms with van der Waals surface area (Å²) in [5.74, 6) is -0.211. The van der Waals surface area contributed by atoms with Crippen molar-refractivity contribution >= 4 is 0 Å². The molecule has 0 unspecified atom stereocenters. The summed E-state index contributed by atoms with van der Waals surface area (Å²) in [6, 6.07) is 4.95. The molecule has 1 aromatic heterocycles. The van der Waals surface area contributed by atoms with Crippen LogP contribution in [0.3, 0.4) is 0 Å². The maximum Gasteiger partial charge on any atom is 0.129 e. The molecular formula is C20H23FN2O2. The molecule has 3 aliphatic carbocycles. The number of nitrogens with zero attached hydrogens (tertiary/aromatic N) is 2. The van der Waals surface area contributed by atoms with Gasteiger partial charge in [0.1, 0.15) is 5.82 Å². The minimum atomic E-state index is -0.509. The van der Waals surface area contributed by atoms with Crippen LogP contribution in [0.4, 0.5) is 4.39 Å². The number of aliphatic hydroxyl groups is 2. The lowest BCUT2D eigenvalue weighted by Crippen LogP contribution is -2.51. The molecular weight excluding hydrogens is 319 g/mol. The molecule has 0 spiro atoms. The fraction of sp³-hybridized carbons (Fsp3) is 0.550. The van der Waals surface area contributed by atoms with Crippen LogP contribution in [-0.4, -0.2) is 31.5 Å². The fourth-order valence-electron chi connectivity index (χ4n) is 5.39. The van der Waals surface area contributed by atoms with Crippen molar-refractivity contribution in [3.05, 3.63) is 42.1 Å². The Balaban J connectivity index is 1.47. The summed E-state index contributed by atoms with van der Waals surface area (Å²) in [7, 11) is 0. The maximum atomic E-state index is 14.6. The number of rotatable bonds is 3. The predicted octanol–water partition coefficient (Wildman–Crippen LogP) is 3.43. The van der Waals surface area contributed by atoms with E-state index in [1.165, 1.54) is 6.07 Å². The van der Waals surface area contributed by atoms with Crippen LogP contribution in [0.2, 0.25) is 0 Å². The number of hydrogen-bond donors (Lipinski definition) is 2. The van der Waals surface area contributed by atoms with E-state index in [2.05, 4.69) is 4.98 Å². The average Bonchev–Trinajstić information content (AvgIpc) is 3.19. The number of hydrogen-bond acceptors (Lipinski definition) is 3. The van der Waals surface area contributed by atoms with Gasteiger partial charge in [0.05, 0.1) is 36.0 Å². The molecule has 132 valence electrons. The van der Waals surface area contributed by atoms with Gasteiger partial charge < -0.3 is 14.8 Å². The van der Waals surface area contributed by atoms with Crippen molar-refractivity contribution in [2.75, 3.05) is 0 Å². The van der Waals surface area contributed by atoms with Gasteiger partial charge >= 0.3 is 0 Å². The third-order valence-electron chi connectivity index (χ3n) is 7.08. The van der Waals surface area contributed by atoms with Crippen LogP contribution in [0.25, 0.3) is 11.3 Å². The van der Waals surface area contributed by atoms with Crippen LogP contribution in [-0.2, 0) is 0 Å². The molecule has 2 atom stereocenters. The van der Waals surface area contributed by atoms with E-state index in [4.69, 9.17) is 0 Å². The largest absolute Gasteiger partial charge is 0.392 e. The Bertz CT molecular complexity index is 806. The lowest BCUT2D eigenvalue weighted by atomic mass is 9.56. The first kappa shape index (κ1) is 15.5. The Morgan fingerprint density at radius 2 is 1.92 bits per heavy atom. The van der Waals surface area contributed by atoms with Crippen molar-refractivity contribution in [3.63, 3.8) is 0 Å². The zero-order valence-corrected chi connectivity index (χ0v) is 14.2. The summed E-state index contributed by atoms with van der Waals surface area (Å²) in [6.07, 6.45) is 8.41. The third kappa shape index (κ3) is 2.15. The predicted molar refractivity (Wildman–Crippen MR) is 91.5 cm³/mol. The zero-order chi connectivity index (χ0) is 17.2. The first-order valence-corrected chi connectivity index (χ1v) is 9.23. The Labute approximate surface area is 146 Å². The van der Waals surface area contributed by atoms with E-state index in [9.17, 15) is 14.6 Å². The first-order valence-electron chi connectivity index (χ1n) is 9.23. The van der Waals surface area contributed by atoms with Gasteiger partial charge in [0.2, 0.25) is 0 Å². The van der Waals surface area contributed by atoms with Gasteiger partial charge in [0.15, 0.2) is 0 Å². The lowest BCUT2D eigenvalue weighted by molar-refractivity contribution is -0.135. The van der Waals surface area contributed by atoms with Crippen LogP contribution in [0, 0.1) is 11.2 Å². The molecule has 6 rings (SSSR count). The van der Waals surface area contributed by atoms with E-state index in [-0.39, 0.29) is 17.3 Å². The van der Waals surface area contributed by atoms with Gasteiger partial charge in [-0.05, 0) is 56.4 Å². The van der Waals surface area contributed by atoms with E-state index in [1.54, 1.807) is 18.6 Å². The highest BCUT2D eigenvalue weighted by Gasteiger charge is 2.51. The second-order valence-electron chi connectivity index (χ2n) is 8.24. The van der Waals surface area contributed by atoms with Crippen molar-refractivity contribution in [1.82, 2.24) is 9.55 Å². The summed E-state index contributed by atoms with van der Waals surface area (Å²) in [5.41, 5.74) is 1.85. The molecule has 0 saturated heterocycles. The molecule has 4 aliphatic rings. The molecule has 3 saturated carbocycles. The van der Waals surface area contributed by atoms with Gasteiger partial charge in [-0.3, -0.25) is 0 Å². The van der Waals surface area contributed by atoms with Gasteiger partial charge in [-0.1, -0.05) is 12.1 Å². The van der Waals surface area contributed by atoms with Crippen LogP contribution < -0.4 is 0 Å². The quantitative estimate of drug-likeness (QED) is 0.898. The second kappa shape index (κ2) is 5.15. The van der Waals surface area contributed by atoms with Crippen LogP contribution >= 0.6 is 0 Å². The van der Waals surface area contributed by atoms with Crippen molar-refractivity contribution in [3.8, 4) is 11.3 Å². The minimum absolute atomic E-state index is 0.126. The molecule has 2 bridgehead atoms. The molecule has 0 amide bonds. The van der Waals surface area contributed by atoms with E-state index < -0.39 is 11.7 Å². The van der Waals surface area contributed by atoms with Crippen molar-refractivity contribution in [2.24, 2.45) is 5.41 Å². The molecule has 25 heavy (non-hydrogen) atoms. The standard InChI is InChI=1S/C20H23FN2O2/c21-14-3-1-2-13-16-11-22-12-23(16)15(18(13)14)10-17(24)19-4-7-20(25,8-5-19)9-6-19/h1-3,11-12,15,17,24-25H,4-10H2/t15-,17+,19?,20?/m0/s1. The molecule has 3 fully saturated rings. The molecule has 5 heteroatoms. The topological polar surface area (TPSA) is 58.3 Å². The summed E-state index contributed by atoms with van der Waals surface area (Å²) < 4.78 is 16.6. The smallest absolute Gasteiger partial charge is 0.129 e. The van der Waals surface area contributed by atoms with E-state index in [1.807, 2.05) is 10.6 Å². The average molecular weight is 342 g/mol. The summed E-state index contributed by atoms with van der Waals surface area (Å²) >= 11 is 0. The molecule has 2 heterocycles. The summed E-state index contributed by atoms with van der Waals surface area (Å²) in [4.78, 5) is 4.22. The van der Waals surface area contributed by atoms with Crippen molar-refractivity contribution in [2.45, 2.75) is 62.7 Å². The van der Waals surface area contributed by atoms with Gasteiger partial charge in [-0.15, -0.1) is 0 Å². The van der Waals surface area contributed by atoms with Gasteiger partial charge in [0.25, 0.3) is 0 Å². The Kier molecular flexibility index (Phi) is 3.20. The van der Waals surface area contributed by atoms with Crippen LogP contribution in [0.1, 0.15) is 56.6 Å². The van der Waals surface area contributed by atoms with Gasteiger partial charge in [-0.2, -0.15) is 0 Å². The number of aliphatic hydroxyl groups excluding tert-OH is 1. The molecule has 2 N–H and O–H groups in total. The molecule has 2 aromatic rings. The number of aromatic nitrogens is 2. The number of fused-ring (bicyclic) bond motifs is 6. The highest BCUT2D eigenvalue weighted by atomic mass is 19.1. The summed E-state index contributed by atoms with van der Waals surface area (Å²) in [5, 5.41) is 21.6. The highest BCUT2D eigenvalue weighted by Crippen LogP contribution is 2.56. The Morgan fingerprint density at radius 1 is 1.20 bits per heavy atom. The summed E-state index contributed by atoms with van der Waals surface area (Å²) in [6.45, 7) is 0. The second-order valence-corrected chi connectivity index (χ2v) is 8.24. The minimum Gasteiger partial charge on any atom is -0.392 e. The van der Waals surface area contributed by atoms with Crippen molar-refractivity contribution in [1.29, 1.82) is 0 Å². The molecule has 1 aromatic carbocycles. The van der Waals surface area contributed by atoms with Crippen LogP contribution in [0.5, 0.6) is 0 Å². The molecule has 1 aliphatic heterocycles. The third-order valence-corrected chi connectivity index (χ3v) is 7.08. The Hall–Kier alpha value is -1.72. The Morgan fingerprint density at radius 3 is 2.64 bits per heavy atom. The zero-order valence-electron chi connectivity index (χ0n) is 14.2. The monoisotopic (exact) mass is 342 g/mol. The van der Waals surface area contributed by atoms with Gasteiger partial charge in [0, 0.05) is 11.1 Å². The van der Waals surface area contributed by atoms with Crippen molar-refractivity contribution < 1.29 is 14.6 Å². The number of halogens is 1. The first-order chi connectivity index (χ1) is 12.0. The number of benzene rings is 1. The maximum absolute atomic E-state index is 14.6. The SMILES string of the molecule is O[C@H](C[C@H]1c2c(F)cccc2-c2cncn21)C12CCC(O)(CC1)CC2. The van der Waals surface area contributed by atoms with Gasteiger partial charge in [-0.25, -0.2) is 9.37 Å². The lowest BCUT2D eigenvalue weighted by Gasteiger charge is -2.53. The van der Waals surface area contributed by atoms with E-state index in [0.717, 1.165) is 49.8 Å².